The molecular weight excluding hydrogens is 352 g/mol. The highest BCUT2D eigenvalue weighted by Gasteiger charge is 2.28. The maximum Gasteiger partial charge on any atom is 0.248 e. The van der Waals surface area contributed by atoms with Gasteiger partial charge in [-0.15, -0.1) is 11.3 Å². The van der Waals surface area contributed by atoms with Gasteiger partial charge in [0.1, 0.15) is 0 Å². The molecule has 26 heavy (non-hydrogen) atoms. The first kappa shape index (κ1) is 18.1. The fraction of sp³-hybridized carbons (Fsp3) is 0.278. The van der Waals surface area contributed by atoms with E-state index in [-0.39, 0.29) is 29.6 Å². The van der Waals surface area contributed by atoms with Crippen molar-refractivity contribution in [3.63, 3.8) is 0 Å². The van der Waals surface area contributed by atoms with Crippen LogP contribution in [0.15, 0.2) is 35.7 Å². The van der Waals surface area contributed by atoms with E-state index < -0.39 is 11.8 Å². The van der Waals surface area contributed by atoms with E-state index in [0.29, 0.717) is 5.69 Å². The molecule has 1 fully saturated rings. The molecule has 0 radical (unpaired) electrons. The van der Waals surface area contributed by atoms with Gasteiger partial charge in [0.05, 0.1) is 6.54 Å². The lowest BCUT2D eigenvalue weighted by Crippen LogP contribution is -2.32. The Bertz CT molecular complexity index is 803. The largest absolute Gasteiger partial charge is 0.366 e. The Morgan fingerprint density at radius 3 is 2.42 bits per heavy atom. The highest BCUT2D eigenvalue weighted by atomic mass is 32.1. The molecule has 1 unspecified atom stereocenters. The number of amides is 3. The van der Waals surface area contributed by atoms with Gasteiger partial charge in [-0.1, -0.05) is 6.07 Å². The van der Waals surface area contributed by atoms with E-state index in [0.717, 1.165) is 19.4 Å². The molecule has 3 amide bonds. The molecule has 1 saturated heterocycles. The summed E-state index contributed by atoms with van der Waals surface area (Å²) in [5, 5.41) is 4.77. The Kier molecular flexibility index (Phi) is 5.34. The zero-order valence-corrected chi connectivity index (χ0v) is 14.9. The lowest BCUT2D eigenvalue weighted by molar-refractivity contribution is -0.117. The molecule has 1 aromatic heterocycles. The molecule has 1 aromatic carbocycles. The minimum Gasteiger partial charge on any atom is -0.366 e. The molecule has 0 aliphatic carbocycles. The van der Waals surface area contributed by atoms with Crippen molar-refractivity contribution in [3.8, 4) is 0 Å². The summed E-state index contributed by atoms with van der Waals surface area (Å²) in [4.78, 5) is 38.7. The van der Waals surface area contributed by atoms with Crippen LogP contribution in [0.1, 0.15) is 44.5 Å². The second-order valence-electron chi connectivity index (χ2n) is 6.22. The van der Waals surface area contributed by atoms with Crippen molar-refractivity contribution in [2.24, 2.45) is 11.5 Å². The smallest absolute Gasteiger partial charge is 0.248 e. The van der Waals surface area contributed by atoms with Crippen LogP contribution in [0.4, 0.5) is 5.69 Å². The van der Waals surface area contributed by atoms with E-state index in [1.165, 1.54) is 23.1 Å². The predicted molar refractivity (Wildman–Crippen MR) is 100.0 cm³/mol. The topological polar surface area (TPSA) is 119 Å². The number of nitrogens with two attached hydrogens (primary N) is 2. The van der Waals surface area contributed by atoms with Gasteiger partial charge in [0.2, 0.25) is 17.7 Å². The van der Waals surface area contributed by atoms with Crippen molar-refractivity contribution in [1.82, 2.24) is 4.90 Å². The van der Waals surface area contributed by atoms with Gasteiger partial charge in [0, 0.05) is 27.7 Å². The molecule has 5 N–H and O–H groups in total. The van der Waals surface area contributed by atoms with E-state index in [4.69, 9.17) is 11.5 Å². The molecule has 0 bridgehead atoms. The molecule has 1 aliphatic heterocycles. The third-order valence-electron chi connectivity index (χ3n) is 4.37. The highest BCUT2D eigenvalue weighted by molar-refractivity contribution is 7.10. The van der Waals surface area contributed by atoms with Crippen molar-refractivity contribution in [2.75, 3.05) is 18.4 Å². The number of nitrogens with zero attached hydrogens (tertiary/aromatic N) is 1. The van der Waals surface area contributed by atoms with Gasteiger partial charge in [0.15, 0.2) is 0 Å². The molecule has 2 heterocycles. The standard InChI is InChI=1S/C18H20N4O3S/c19-17(24)11-7-12(18(20)25)9-13(8-11)21-16(23)10-22-5-1-3-14(22)15-4-2-6-26-15/h2,4,6-9,14H,1,3,5,10H2,(H2,19,24)(H2,20,25)(H,21,23). The molecule has 0 spiro atoms. The number of carbonyl (C=O) groups excluding carboxylic acids is 3. The molecule has 8 heteroatoms. The first-order valence-electron chi connectivity index (χ1n) is 8.26. The quantitative estimate of drug-likeness (QED) is 0.715. The van der Waals surface area contributed by atoms with Crippen LogP contribution in [0.3, 0.4) is 0 Å². The van der Waals surface area contributed by atoms with Gasteiger partial charge in [-0.05, 0) is 49.0 Å². The van der Waals surface area contributed by atoms with E-state index in [1.807, 2.05) is 11.4 Å². The zero-order chi connectivity index (χ0) is 18.7. The zero-order valence-electron chi connectivity index (χ0n) is 14.1. The van der Waals surface area contributed by atoms with Crippen LogP contribution in [-0.2, 0) is 4.79 Å². The van der Waals surface area contributed by atoms with Crippen LogP contribution in [0.2, 0.25) is 0 Å². The van der Waals surface area contributed by atoms with Crippen molar-refractivity contribution in [1.29, 1.82) is 0 Å². The summed E-state index contributed by atoms with van der Waals surface area (Å²) in [6.45, 7) is 1.08. The summed E-state index contributed by atoms with van der Waals surface area (Å²) in [7, 11) is 0. The third kappa shape index (κ3) is 4.09. The van der Waals surface area contributed by atoms with Gasteiger partial charge in [-0.2, -0.15) is 0 Å². The summed E-state index contributed by atoms with van der Waals surface area (Å²) in [5.41, 5.74) is 11.1. The van der Waals surface area contributed by atoms with Crippen molar-refractivity contribution >= 4 is 34.7 Å². The summed E-state index contributed by atoms with van der Waals surface area (Å²) in [6, 6.07) is 8.53. The maximum atomic E-state index is 12.5. The van der Waals surface area contributed by atoms with Crippen LogP contribution in [0, 0.1) is 0 Å². The van der Waals surface area contributed by atoms with Crippen molar-refractivity contribution < 1.29 is 14.4 Å². The maximum absolute atomic E-state index is 12.5. The minimum atomic E-state index is -0.694. The molecule has 3 rings (SSSR count). The second kappa shape index (κ2) is 7.67. The van der Waals surface area contributed by atoms with E-state index in [9.17, 15) is 14.4 Å². The van der Waals surface area contributed by atoms with Crippen LogP contribution >= 0.6 is 11.3 Å². The number of hydrogen-bond acceptors (Lipinski definition) is 5. The SMILES string of the molecule is NC(=O)c1cc(NC(=O)CN2CCCC2c2cccs2)cc(C(N)=O)c1. The Morgan fingerprint density at radius 1 is 1.15 bits per heavy atom. The number of benzene rings is 1. The number of carbonyl (C=O) groups is 3. The summed E-state index contributed by atoms with van der Waals surface area (Å²) < 4.78 is 0. The summed E-state index contributed by atoms with van der Waals surface area (Å²) in [5.74, 6) is -1.60. The molecule has 7 nitrogen and oxygen atoms in total. The number of primary amides is 2. The monoisotopic (exact) mass is 372 g/mol. The Morgan fingerprint density at radius 2 is 1.85 bits per heavy atom. The van der Waals surface area contributed by atoms with Gasteiger partial charge in [-0.3, -0.25) is 19.3 Å². The van der Waals surface area contributed by atoms with Crippen molar-refractivity contribution in [3.05, 3.63) is 51.7 Å². The van der Waals surface area contributed by atoms with E-state index in [2.05, 4.69) is 16.3 Å². The molecular formula is C18H20N4O3S. The highest BCUT2D eigenvalue weighted by Crippen LogP contribution is 2.34. The van der Waals surface area contributed by atoms with E-state index in [1.54, 1.807) is 11.3 Å². The molecule has 2 aromatic rings. The normalized spacial score (nSPS) is 17.2. The Hall–Kier alpha value is -2.71. The molecule has 0 saturated carbocycles. The second-order valence-corrected chi connectivity index (χ2v) is 7.20. The summed E-state index contributed by atoms with van der Waals surface area (Å²) in [6.07, 6.45) is 2.07. The first-order chi connectivity index (χ1) is 12.4. The fourth-order valence-electron chi connectivity index (χ4n) is 3.19. The number of anilines is 1. The number of thiophene rings is 1. The Labute approximate surface area is 155 Å². The average molecular weight is 372 g/mol. The van der Waals surface area contributed by atoms with Gasteiger partial charge in [0.25, 0.3) is 0 Å². The lowest BCUT2D eigenvalue weighted by Gasteiger charge is -2.23. The van der Waals surface area contributed by atoms with Crippen LogP contribution < -0.4 is 16.8 Å². The molecule has 1 atom stereocenters. The third-order valence-corrected chi connectivity index (χ3v) is 5.34. The number of likely N-dealkylation sites (tertiary alicyclic amines) is 1. The molecule has 136 valence electrons. The minimum absolute atomic E-state index is 0.120. The fourth-order valence-corrected chi connectivity index (χ4v) is 4.08. The first-order valence-corrected chi connectivity index (χ1v) is 9.14. The van der Waals surface area contributed by atoms with Crippen LogP contribution in [0.25, 0.3) is 0 Å². The molecule has 1 aliphatic rings. The van der Waals surface area contributed by atoms with Gasteiger partial charge >= 0.3 is 0 Å². The predicted octanol–water partition coefficient (Wildman–Crippen LogP) is 1.72. The Balaban J connectivity index is 1.71. The lowest BCUT2D eigenvalue weighted by atomic mass is 10.1. The summed E-state index contributed by atoms with van der Waals surface area (Å²) >= 11 is 1.69. The number of nitrogens with one attached hydrogen (secondary N) is 1. The van der Waals surface area contributed by atoms with Gasteiger partial charge in [-0.25, -0.2) is 0 Å². The number of hydrogen-bond donors (Lipinski definition) is 3. The van der Waals surface area contributed by atoms with Crippen LogP contribution in [0.5, 0.6) is 0 Å². The van der Waals surface area contributed by atoms with E-state index >= 15 is 0 Å². The average Bonchev–Trinajstić information content (AvgIpc) is 3.25. The van der Waals surface area contributed by atoms with Gasteiger partial charge < -0.3 is 16.8 Å². The van der Waals surface area contributed by atoms with Crippen LogP contribution in [-0.4, -0.2) is 35.7 Å². The van der Waals surface area contributed by atoms with Crippen molar-refractivity contribution in [2.45, 2.75) is 18.9 Å². The number of rotatable bonds is 6.